The van der Waals surface area contributed by atoms with Crippen LogP contribution in [0.15, 0.2) is 30.3 Å². The maximum absolute atomic E-state index is 15.3. The van der Waals surface area contributed by atoms with E-state index in [1.54, 1.807) is 13.0 Å². The number of sulfonamides is 1. The van der Waals surface area contributed by atoms with E-state index in [4.69, 9.17) is 0 Å². The van der Waals surface area contributed by atoms with E-state index in [9.17, 15) is 17.9 Å². The van der Waals surface area contributed by atoms with Crippen molar-refractivity contribution in [1.82, 2.24) is 14.1 Å². The maximum atomic E-state index is 15.3. The van der Waals surface area contributed by atoms with Crippen molar-refractivity contribution in [2.75, 3.05) is 30.8 Å². The van der Waals surface area contributed by atoms with Crippen LogP contribution in [0.1, 0.15) is 18.5 Å². The van der Waals surface area contributed by atoms with Crippen molar-refractivity contribution < 1.29 is 22.3 Å². The average Bonchev–Trinajstić information content (AvgIpc) is 3.39. The zero-order valence-electron chi connectivity index (χ0n) is 17.1. The fraction of sp³-hybridized carbons (Fsp3) is 0.381. The molecule has 0 radical (unpaired) electrons. The zero-order chi connectivity index (χ0) is 22.1. The predicted molar refractivity (Wildman–Crippen MR) is 113 cm³/mol. The molecule has 0 amide bonds. The van der Waals surface area contributed by atoms with E-state index in [-0.39, 0.29) is 5.54 Å². The summed E-state index contributed by atoms with van der Waals surface area (Å²) < 4.78 is 55.7. The van der Waals surface area contributed by atoms with Crippen molar-refractivity contribution in [3.8, 4) is 11.4 Å². The molecule has 31 heavy (non-hydrogen) atoms. The number of hydrogen-bond donors (Lipinski definition) is 1. The molecule has 164 valence electrons. The number of rotatable bonds is 3. The fourth-order valence-electron chi connectivity index (χ4n) is 4.48. The second kappa shape index (κ2) is 6.64. The first-order valence-electron chi connectivity index (χ1n) is 10.00. The number of phenols is 1. The van der Waals surface area contributed by atoms with E-state index in [0.717, 1.165) is 24.3 Å². The molecule has 1 saturated heterocycles. The summed E-state index contributed by atoms with van der Waals surface area (Å²) in [4.78, 5) is 1.99. The van der Waals surface area contributed by atoms with Crippen molar-refractivity contribution >= 4 is 26.6 Å². The summed E-state index contributed by atoms with van der Waals surface area (Å²) in [5.41, 5.74) is 1.65. The van der Waals surface area contributed by atoms with Gasteiger partial charge in [0.25, 0.3) is 0 Å². The molecule has 2 aliphatic rings. The summed E-state index contributed by atoms with van der Waals surface area (Å²) in [6.45, 7) is 2.88. The Morgan fingerprint density at radius 1 is 1.10 bits per heavy atom. The van der Waals surface area contributed by atoms with Crippen LogP contribution in [0.3, 0.4) is 0 Å². The third kappa shape index (κ3) is 3.25. The molecule has 1 spiro atoms. The lowest BCUT2D eigenvalue weighted by Crippen LogP contribution is -2.56. The Morgan fingerprint density at radius 3 is 2.48 bits per heavy atom. The highest BCUT2D eigenvalue weighted by molar-refractivity contribution is 7.88. The SMILES string of the molecule is Cc1nn(-c2ccc(F)c(O)c2)c2cc(F)c(N3CCN(S(C)(=O)=O)CC34CC4)cc12. The van der Waals surface area contributed by atoms with Gasteiger partial charge in [-0.1, -0.05) is 0 Å². The highest BCUT2D eigenvalue weighted by atomic mass is 32.2. The third-order valence-electron chi connectivity index (χ3n) is 6.31. The molecule has 0 atom stereocenters. The molecule has 10 heteroatoms. The van der Waals surface area contributed by atoms with E-state index in [1.807, 2.05) is 4.90 Å². The monoisotopic (exact) mass is 448 g/mol. The van der Waals surface area contributed by atoms with Crippen LogP contribution in [0.5, 0.6) is 5.75 Å². The number of benzene rings is 2. The molecule has 1 saturated carbocycles. The normalized spacial score (nSPS) is 18.8. The van der Waals surface area contributed by atoms with Crippen LogP contribution in [-0.2, 0) is 10.0 Å². The predicted octanol–water partition coefficient (Wildman–Crippen LogP) is 2.93. The number of hydrogen-bond acceptors (Lipinski definition) is 5. The highest BCUT2D eigenvalue weighted by Gasteiger charge is 2.53. The number of nitrogens with zero attached hydrogens (tertiary/aromatic N) is 4. The molecule has 2 fully saturated rings. The number of fused-ring (bicyclic) bond motifs is 1. The van der Waals surface area contributed by atoms with Crippen molar-refractivity contribution in [2.24, 2.45) is 0 Å². The number of halogens is 2. The van der Waals surface area contributed by atoms with Crippen molar-refractivity contribution in [3.05, 3.63) is 47.7 Å². The van der Waals surface area contributed by atoms with Crippen molar-refractivity contribution in [2.45, 2.75) is 25.3 Å². The Morgan fingerprint density at radius 2 is 1.84 bits per heavy atom. The molecular weight excluding hydrogens is 426 g/mol. The summed E-state index contributed by atoms with van der Waals surface area (Å²) >= 11 is 0. The Balaban J connectivity index is 1.57. The van der Waals surface area contributed by atoms with Crippen molar-refractivity contribution in [3.63, 3.8) is 0 Å². The van der Waals surface area contributed by atoms with E-state index in [2.05, 4.69) is 5.10 Å². The van der Waals surface area contributed by atoms with E-state index in [0.29, 0.717) is 42.2 Å². The second-order valence-electron chi connectivity index (χ2n) is 8.43. The van der Waals surface area contributed by atoms with Gasteiger partial charge in [-0.25, -0.2) is 21.9 Å². The molecule has 2 heterocycles. The smallest absolute Gasteiger partial charge is 0.211 e. The quantitative estimate of drug-likeness (QED) is 0.667. The van der Waals surface area contributed by atoms with Gasteiger partial charge >= 0.3 is 0 Å². The molecule has 1 N–H and O–H groups in total. The third-order valence-corrected chi connectivity index (χ3v) is 7.56. The molecule has 0 unspecified atom stereocenters. The van der Waals surface area contributed by atoms with Gasteiger partial charge in [-0.15, -0.1) is 0 Å². The van der Waals surface area contributed by atoms with Crippen LogP contribution in [-0.4, -0.2) is 59.0 Å². The van der Waals surface area contributed by atoms with E-state index < -0.39 is 27.4 Å². The van der Waals surface area contributed by atoms with Crippen LogP contribution in [0.25, 0.3) is 16.6 Å². The minimum absolute atomic E-state index is 0.311. The number of phenolic OH excluding ortho intramolecular Hbond substituents is 1. The standard InChI is InChI=1S/C21H22F2N4O3S/c1-13-15-10-19(26-8-7-25(31(2,29)30)12-21(26)5-6-21)17(23)11-18(15)27(24-13)14-3-4-16(22)20(28)9-14/h3-4,9-11,28H,5-8,12H2,1-2H3. The summed E-state index contributed by atoms with van der Waals surface area (Å²) in [5.74, 6) is -1.68. The van der Waals surface area contributed by atoms with Gasteiger partial charge in [-0.05, 0) is 38.0 Å². The van der Waals surface area contributed by atoms with Gasteiger partial charge in [-0.2, -0.15) is 9.40 Å². The first-order valence-corrected chi connectivity index (χ1v) is 11.8. The summed E-state index contributed by atoms with van der Waals surface area (Å²) in [7, 11) is -3.30. The Bertz CT molecular complexity index is 1320. The average molecular weight is 448 g/mol. The Labute approximate surface area is 178 Å². The van der Waals surface area contributed by atoms with Gasteiger partial charge in [0.2, 0.25) is 10.0 Å². The van der Waals surface area contributed by atoms with Gasteiger partial charge in [-0.3, -0.25) is 0 Å². The van der Waals surface area contributed by atoms with Gasteiger partial charge < -0.3 is 10.0 Å². The number of anilines is 1. The molecule has 1 aliphatic heterocycles. The molecule has 5 rings (SSSR count). The minimum atomic E-state index is -3.30. The number of aryl methyl sites for hydroxylation is 1. The lowest BCUT2D eigenvalue weighted by Gasteiger charge is -2.42. The Hall–Kier alpha value is -2.72. The summed E-state index contributed by atoms with van der Waals surface area (Å²) in [5, 5.41) is 14.9. The second-order valence-corrected chi connectivity index (χ2v) is 10.4. The molecule has 1 aromatic heterocycles. The van der Waals surface area contributed by atoms with Crippen molar-refractivity contribution in [1.29, 1.82) is 0 Å². The molecular formula is C21H22F2N4O3S. The van der Waals surface area contributed by atoms with Gasteiger partial charge in [0, 0.05) is 37.2 Å². The maximum Gasteiger partial charge on any atom is 0.211 e. The fourth-order valence-corrected chi connectivity index (χ4v) is 5.37. The minimum Gasteiger partial charge on any atom is -0.505 e. The number of aromatic hydroxyl groups is 1. The molecule has 1 aliphatic carbocycles. The number of piperazine rings is 1. The lowest BCUT2D eigenvalue weighted by molar-refractivity contribution is 0.321. The van der Waals surface area contributed by atoms with E-state index >= 15 is 4.39 Å². The van der Waals surface area contributed by atoms with Crippen LogP contribution in [0.4, 0.5) is 14.5 Å². The van der Waals surface area contributed by atoms with Crippen LogP contribution in [0, 0.1) is 18.6 Å². The van der Waals surface area contributed by atoms with Gasteiger partial charge in [0.15, 0.2) is 11.6 Å². The van der Waals surface area contributed by atoms with Crippen LogP contribution >= 0.6 is 0 Å². The molecule has 7 nitrogen and oxygen atoms in total. The molecule has 2 aromatic carbocycles. The molecule has 0 bridgehead atoms. The largest absolute Gasteiger partial charge is 0.505 e. The Kier molecular flexibility index (Phi) is 4.32. The van der Waals surface area contributed by atoms with Gasteiger partial charge in [0.05, 0.1) is 34.4 Å². The highest BCUT2D eigenvalue weighted by Crippen LogP contribution is 2.48. The van der Waals surface area contributed by atoms with E-state index in [1.165, 1.54) is 33.4 Å². The number of aromatic nitrogens is 2. The van der Waals surface area contributed by atoms with Gasteiger partial charge in [0.1, 0.15) is 5.82 Å². The summed E-state index contributed by atoms with van der Waals surface area (Å²) in [6, 6.07) is 7.00. The van der Waals surface area contributed by atoms with Crippen LogP contribution in [0.2, 0.25) is 0 Å². The summed E-state index contributed by atoms with van der Waals surface area (Å²) in [6.07, 6.45) is 2.82. The zero-order valence-corrected chi connectivity index (χ0v) is 18.0. The molecule has 3 aromatic rings. The first kappa shape index (κ1) is 20.2. The topological polar surface area (TPSA) is 78.7 Å². The van der Waals surface area contributed by atoms with Crippen LogP contribution < -0.4 is 4.90 Å². The first-order chi connectivity index (χ1) is 14.6. The lowest BCUT2D eigenvalue weighted by atomic mass is 10.1.